The van der Waals surface area contributed by atoms with E-state index in [0.717, 1.165) is 27.0 Å². The number of nitrogens with zero attached hydrogens (tertiary/aromatic N) is 6. The third-order valence-corrected chi connectivity index (χ3v) is 5.53. The Kier molecular flexibility index (Phi) is 4.09. The first kappa shape index (κ1) is 17.8. The van der Waals surface area contributed by atoms with E-state index in [2.05, 4.69) is 41.6 Å². The fourth-order valence-electron chi connectivity index (χ4n) is 3.79. The van der Waals surface area contributed by atoms with Gasteiger partial charge in [-0.15, -0.1) is 15.3 Å². The molecule has 0 radical (unpaired) electrons. The summed E-state index contributed by atoms with van der Waals surface area (Å²) in [6.45, 7) is 1.93. The Bertz CT molecular complexity index is 1260. The zero-order valence-electron chi connectivity index (χ0n) is 15.6. The van der Waals surface area contributed by atoms with E-state index in [1.54, 1.807) is 28.4 Å². The van der Waals surface area contributed by atoms with Crippen LogP contribution in [0.2, 0.25) is 0 Å². The Labute approximate surface area is 173 Å². The van der Waals surface area contributed by atoms with Gasteiger partial charge in [0.05, 0.1) is 12.8 Å². The lowest BCUT2D eigenvalue weighted by molar-refractivity contribution is -0.116. The molecule has 1 aromatic carbocycles. The first-order valence-corrected chi connectivity index (χ1v) is 9.74. The van der Waals surface area contributed by atoms with Crippen molar-refractivity contribution < 1.29 is 9.53 Å². The second-order valence-electron chi connectivity index (χ2n) is 6.78. The number of halogens is 1. The zero-order valence-corrected chi connectivity index (χ0v) is 17.2. The third kappa shape index (κ3) is 2.87. The summed E-state index contributed by atoms with van der Waals surface area (Å²) in [7, 11) is 1.63. The van der Waals surface area contributed by atoms with Crippen molar-refractivity contribution in [3.63, 3.8) is 0 Å². The predicted molar refractivity (Wildman–Crippen MR) is 108 cm³/mol. The van der Waals surface area contributed by atoms with Crippen molar-refractivity contribution in [1.82, 2.24) is 29.6 Å². The van der Waals surface area contributed by atoms with E-state index in [-0.39, 0.29) is 11.8 Å². The third-order valence-electron chi connectivity index (χ3n) is 5.03. The largest absolute Gasteiger partial charge is 0.496 e. The summed E-state index contributed by atoms with van der Waals surface area (Å²) in [5.74, 6) is 1.64. The van der Waals surface area contributed by atoms with Crippen LogP contribution in [0.4, 0.5) is 5.82 Å². The highest BCUT2D eigenvalue weighted by molar-refractivity contribution is 9.10. The quantitative estimate of drug-likeness (QED) is 0.511. The van der Waals surface area contributed by atoms with Crippen molar-refractivity contribution in [1.29, 1.82) is 0 Å². The molecule has 146 valence electrons. The lowest BCUT2D eigenvalue weighted by Crippen LogP contribution is -2.25. The van der Waals surface area contributed by atoms with Crippen molar-refractivity contribution in [3.8, 4) is 11.6 Å². The Morgan fingerprint density at radius 1 is 1.24 bits per heavy atom. The molecule has 10 heteroatoms. The van der Waals surface area contributed by atoms with E-state index >= 15 is 0 Å². The van der Waals surface area contributed by atoms with Gasteiger partial charge in [-0.3, -0.25) is 4.79 Å². The number of hydrogen-bond donors (Lipinski definition) is 1. The average Bonchev–Trinajstić information content (AvgIpc) is 3.31. The molecule has 0 aliphatic carbocycles. The van der Waals surface area contributed by atoms with Crippen molar-refractivity contribution in [2.75, 3.05) is 12.4 Å². The van der Waals surface area contributed by atoms with Gasteiger partial charge in [-0.1, -0.05) is 15.9 Å². The minimum atomic E-state index is -0.182. The lowest BCUT2D eigenvalue weighted by Gasteiger charge is -2.25. The van der Waals surface area contributed by atoms with Crippen LogP contribution in [0.25, 0.3) is 11.5 Å². The summed E-state index contributed by atoms with van der Waals surface area (Å²) in [5, 5.41) is 20.0. The summed E-state index contributed by atoms with van der Waals surface area (Å²) < 4.78 is 9.71. The highest BCUT2D eigenvalue weighted by Gasteiger charge is 2.34. The van der Waals surface area contributed by atoms with E-state index < -0.39 is 0 Å². The molecule has 1 amide bonds. The maximum atomic E-state index is 12.6. The topological polar surface area (TPSA) is 99.2 Å². The molecule has 0 fully saturated rings. The first-order chi connectivity index (χ1) is 14.0. The van der Waals surface area contributed by atoms with Crippen LogP contribution in [-0.4, -0.2) is 42.6 Å². The van der Waals surface area contributed by atoms with Crippen molar-refractivity contribution >= 4 is 33.3 Å². The number of rotatable bonds is 3. The smallest absolute Gasteiger partial charge is 0.226 e. The molecule has 1 N–H and O–H groups in total. The number of ether oxygens (including phenoxy) is 1. The van der Waals surface area contributed by atoms with E-state index in [1.165, 1.54) is 6.33 Å². The summed E-state index contributed by atoms with van der Waals surface area (Å²) in [6.07, 6.45) is 1.83. The summed E-state index contributed by atoms with van der Waals surface area (Å²) in [4.78, 5) is 12.6. The number of carbonyl (C=O) groups excluding carboxylic acids is 1. The van der Waals surface area contributed by atoms with Gasteiger partial charge in [0, 0.05) is 27.9 Å². The summed E-state index contributed by atoms with van der Waals surface area (Å²) in [6, 6.07) is 9.40. The van der Waals surface area contributed by atoms with Gasteiger partial charge in [-0.2, -0.15) is 14.3 Å². The Morgan fingerprint density at radius 2 is 2.10 bits per heavy atom. The molecule has 0 bridgehead atoms. The van der Waals surface area contributed by atoms with Gasteiger partial charge in [0.1, 0.15) is 17.9 Å². The second-order valence-corrected chi connectivity index (χ2v) is 7.69. The fourth-order valence-corrected chi connectivity index (χ4v) is 4.17. The maximum absolute atomic E-state index is 12.6. The lowest BCUT2D eigenvalue weighted by atomic mass is 9.85. The van der Waals surface area contributed by atoms with Crippen LogP contribution in [0.5, 0.6) is 5.75 Å². The van der Waals surface area contributed by atoms with Crippen LogP contribution in [0, 0.1) is 6.92 Å². The van der Waals surface area contributed by atoms with Crippen LogP contribution in [-0.2, 0) is 4.79 Å². The first-order valence-electron chi connectivity index (χ1n) is 8.95. The fraction of sp³-hybridized carbons (Fsp3) is 0.211. The number of fused-ring (bicyclic) bond motifs is 2. The number of nitrogens with one attached hydrogen (secondary N) is 1. The van der Waals surface area contributed by atoms with Gasteiger partial charge >= 0.3 is 0 Å². The van der Waals surface area contributed by atoms with Gasteiger partial charge in [0.2, 0.25) is 5.91 Å². The molecule has 0 spiro atoms. The van der Waals surface area contributed by atoms with Gasteiger partial charge in [0.15, 0.2) is 11.5 Å². The molecule has 0 saturated carbocycles. The number of amides is 1. The Balaban J connectivity index is 1.70. The number of aryl methyl sites for hydroxylation is 1. The molecule has 1 aliphatic rings. The zero-order chi connectivity index (χ0) is 20.1. The minimum Gasteiger partial charge on any atom is -0.496 e. The molecule has 29 heavy (non-hydrogen) atoms. The van der Waals surface area contributed by atoms with Gasteiger partial charge in [0.25, 0.3) is 0 Å². The van der Waals surface area contributed by atoms with Crippen LogP contribution >= 0.6 is 15.9 Å². The van der Waals surface area contributed by atoms with E-state index in [0.29, 0.717) is 23.7 Å². The van der Waals surface area contributed by atoms with E-state index in [1.807, 2.05) is 25.1 Å². The van der Waals surface area contributed by atoms with E-state index in [9.17, 15) is 4.79 Å². The van der Waals surface area contributed by atoms with Gasteiger partial charge in [-0.05, 0) is 37.3 Å². The van der Waals surface area contributed by atoms with Gasteiger partial charge < -0.3 is 10.1 Å². The number of benzene rings is 1. The molecule has 0 unspecified atom stereocenters. The number of anilines is 1. The second kappa shape index (κ2) is 6.66. The number of methoxy groups -OCH3 is 1. The Morgan fingerprint density at radius 3 is 2.93 bits per heavy atom. The molecule has 3 aromatic heterocycles. The number of aromatic nitrogens is 6. The van der Waals surface area contributed by atoms with Crippen molar-refractivity contribution in [2.24, 2.45) is 0 Å². The minimum absolute atomic E-state index is 0.0870. The summed E-state index contributed by atoms with van der Waals surface area (Å²) >= 11 is 3.53. The van der Waals surface area contributed by atoms with Crippen LogP contribution in [0.3, 0.4) is 0 Å². The molecule has 1 atom stereocenters. The Hall–Kier alpha value is -3.27. The van der Waals surface area contributed by atoms with E-state index in [4.69, 9.17) is 4.74 Å². The summed E-state index contributed by atoms with van der Waals surface area (Å²) in [5.41, 5.74) is 3.33. The predicted octanol–water partition coefficient (Wildman–Crippen LogP) is 2.86. The standard InChI is InChI=1S/C19H16BrN7O2/c1-10-18-13(12-7-11(20)3-4-14(12)29-2)8-17(28)22-19(18)27(24-10)16-6-5-15-23-21-9-26(15)25-16/h3-7,9,13H,8H2,1-2H3,(H,22,28)/t13-/m1/s1. The molecule has 0 saturated heterocycles. The molecular weight excluding hydrogens is 438 g/mol. The molecular formula is C19H16BrN7O2. The molecule has 1 aliphatic heterocycles. The van der Waals surface area contributed by atoms with Gasteiger partial charge in [-0.25, -0.2) is 0 Å². The average molecular weight is 454 g/mol. The highest BCUT2D eigenvalue weighted by atomic mass is 79.9. The number of carbonyl (C=O) groups is 1. The monoisotopic (exact) mass is 453 g/mol. The van der Waals surface area contributed by atoms with Crippen LogP contribution in [0.15, 0.2) is 41.1 Å². The molecule has 4 aromatic rings. The normalized spacial score (nSPS) is 16.0. The van der Waals surface area contributed by atoms with Crippen LogP contribution in [0.1, 0.15) is 29.2 Å². The maximum Gasteiger partial charge on any atom is 0.226 e. The number of hydrogen-bond acceptors (Lipinski definition) is 6. The van der Waals surface area contributed by atoms with Crippen LogP contribution < -0.4 is 10.1 Å². The van der Waals surface area contributed by atoms with Crippen molar-refractivity contribution in [2.45, 2.75) is 19.3 Å². The SMILES string of the molecule is COc1ccc(Br)cc1[C@H]1CC(=O)Nc2c1c(C)nn2-c1ccc2nncn2n1. The molecule has 9 nitrogen and oxygen atoms in total. The highest BCUT2D eigenvalue weighted by Crippen LogP contribution is 2.43. The molecule has 5 rings (SSSR count). The molecule has 4 heterocycles. The van der Waals surface area contributed by atoms with Crippen molar-refractivity contribution in [3.05, 3.63) is 58.0 Å².